The van der Waals surface area contributed by atoms with Gasteiger partial charge < -0.3 is 4.79 Å². The second kappa shape index (κ2) is 4.80. The number of halogens is 2. The van der Waals surface area contributed by atoms with Crippen LogP contribution in [0.5, 0.6) is 0 Å². The molecule has 0 fully saturated rings. The highest BCUT2D eigenvalue weighted by atomic mass is 35.5. The molecule has 0 spiro atoms. The van der Waals surface area contributed by atoms with Crippen molar-refractivity contribution in [1.29, 1.82) is 0 Å². The van der Waals surface area contributed by atoms with Crippen LogP contribution in [-0.4, -0.2) is 16.3 Å². The van der Waals surface area contributed by atoms with E-state index in [2.05, 4.69) is 21.8 Å². The van der Waals surface area contributed by atoms with Crippen molar-refractivity contribution in [3.63, 3.8) is 0 Å². The minimum atomic E-state index is 0.0749. The fourth-order valence-corrected chi connectivity index (χ4v) is 0.966. The maximum absolute atomic E-state index is 9.95. The van der Waals surface area contributed by atoms with Gasteiger partial charge in [-0.25, -0.2) is 9.97 Å². The Hall–Kier alpha value is -1.11. The van der Waals surface area contributed by atoms with Gasteiger partial charge in [-0.15, -0.1) is 0 Å². The average molecular weight is 215 g/mol. The molecule has 1 aromatic heterocycles. The van der Waals surface area contributed by atoms with Crippen molar-refractivity contribution in [2.24, 2.45) is 0 Å². The van der Waals surface area contributed by atoms with Crippen molar-refractivity contribution in [3.8, 4) is 11.8 Å². The highest BCUT2D eigenvalue weighted by Gasteiger charge is 1.99. The van der Waals surface area contributed by atoms with Crippen molar-refractivity contribution in [1.82, 2.24) is 9.97 Å². The fourth-order valence-electron chi connectivity index (χ4n) is 0.613. The van der Waals surface area contributed by atoms with Crippen LogP contribution in [0.2, 0.25) is 10.4 Å². The molecule has 0 aliphatic rings. The molecule has 0 amide bonds. The average Bonchev–Trinajstić information content (AvgIpc) is 2.09. The number of aromatic nitrogens is 2. The summed E-state index contributed by atoms with van der Waals surface area (Å²) in [5.41, 5.74) is 0.466. The first kappa shape index (κ1) is 9.97. The topological polar surface area (TPSA) is 42.9 Å². The van der Waals surface area contributed by atoms with Crippen LogP contribution in [-0.2, 0) is 4.79 Å². The smallest absolute Gasteiger partial charge is 0.223 e. The molecule has 0 radical (unpaired) electrons. The third kappa shape index (κ3) is 3.02. The van der Waals surface area contributed by atoms with Gasteiger partial charge in [-0.3, -0.25) is 0 Å². The Balaban J connectivity index is 2.91. The molecule has 3 nitrogen and oxygen atoms in total. The highest BCUT2D eigenvalue weighted by molar-refractivity contribution is 6.32. The van der Waals surface area contributed by atoms with Gasteiger partial charge in [-0.2, -0.15) is 0 Å². The molecule has 66 valence electrons. The minimum Gasteiger partial charge on any atom is -0.302 e. The zero-order valence-corrected chi connectivity index (χ0v) is 7.93. The van der Waals surface area contributed by atoms with E-state index in [-0.39, 0.29) is 16.9 Å². The Morgan fingerprint density at radius 3 is 2.92 bits per heavy atom. The molecule has 5 heteroatoms. The zero-order chi connectivity index (χ0) is 9.68. The summed E-state index contributed by atoms with van der Waals surface area (Å²) in [5, 5.41) is 0.268. The van der Waals surface area contributed by atoms with Crippen molar-refractivity contribution < 1.29 is 4.79 Å². The molecule has 0 aliphatic carbocycles. The Bertz CT molecular complexity index is 381. The van der Waals surface area contributed by atoms with Gasteiger partial charge >= 0.3 is 0 Å². The molecule has 13 heavy (non-hydrogen) atoms. The first-order valence-electron chi connectivity index (χ1n) is 3.34. The molecule has 0 aromatic carbocycles. The lowest BCUT2D eigenvalue weighted by Crippen LogP contribution is -1.86. The first-order valence-corrected chi connectivity index (χ1v) is 4.10. The molecular weight excluding hydrogens is 211 g/mol. The summed E-state index contributed by atoms with van der Waals surface area (Å²) in [7, 11) is 0. The predicted octanol–water partition coefficient (Wildman–Crippen LogP) is 1.72. The van der Waals surface area contributed by atoms with Crippen LogP contribution in [0.3, 0.4) is 0 Å². The standard InChI is InChI=1S/C8H4Cl2N2O/c9-7-6(3-1-2-4-13)5-11-8(10)12-7/h4-5H,2H2. The van der Waals surface area contributed by atoms with Gasteiger partial charge in [0.1, 0.15) is 11.4 Å². The third-order valence-electron chi connectivity index (χ3n) is 1.12. The van der Waals surface area contributed by atoms with Gasteiger partial charge in [0.05, 0.1) is 12.0 Å². The number of hydrogen-bond acceptors (Lipinski definition) is 3. The van der Waals surface area contributed by atoms with Crippen LogP contribution in [0.1, 0.15) is 12.0 Å². The maximum Gasteiger partial charge on any atom is 0.223 e. The van der Waals surface area contributed by atoms with E-state index in [4.69, 9.17) is 23.2 Å². The molecule has 0 aliphatic heterocycles. The van der Waals surface area contributed by atoms with E-state index < -0.39 is 0 Å². The molecule has 0 bridgehead atoms. The van der Waals surface area contributed by atoms with Crippen LogP contribution < -0.4 is 0 Å². The fraction of sp³-hybridized carbons (Fsp3) is 0.125. The van der Waals surface area contributed by atoms with Gasteiger partial charge in [0.25, 0.3) is 0 Å². The first-order chi connectivity index (χ1) is 6.24. The molecule has 1 rings (SSSR count). The van der Waals surface area contributed by atoms with Crippen LogP contribution >= 0.6 is 23.2 Å². The third-order valence-corrected chi connectivity index (χ3v) is 1.59. The van der Waals surface area contributed by atoms with Crippen LogP contribution in [0.15, 0.2) is 6.20 Å². The summed E-state index contributed by atoms with van der Waals surface area (Å²) in [4.78, 5) is 17.3. The quantitative estimate of drug-likeness (QED) is 0.310. The largest absolute Gasteiger partial charge is 0.302 e. The van der Waals surface area contributed by atoms with Crippen molar-refractivity contribution in [3.05, 3.63) is 22.2 Å². The monoisotopic (exact) mass is 214 g/mol. The number of hydrogen-bond donors (Lipinski definition) is 0. The van der Waals surface area contributed by atoms with E-state index >= 15 is 0 Å². The molecule has 1 aromatic rings. The Kier molecular flexibility index (Phi) is 3.69. The van der Waals surface area contributed by atoms with Crippen molar-refractivity contribution >= 4 is 29.5 Å². The molecule has 0 saturated carbocycles. The van der Waals surface area contributed by atoms with E-state index in [1.807, 2.05) is 0 Å². The van der Waals surface area contributed by atoms with Crippen molar-refractivity contribution in [2.75, 3.05) is 0 Å². The molecular formula is C8H4Cl2N2O. The van der Waals surface area contributed by atoms with E-state index in [1.165, 1.54) is 6.20 Å². The van der Waals surface area contributed by atoms with E-state index in [0.29, 0.717) is 11.8 Å². The van der Waals surface area contributed by atoms with Gasteiger partial charge in [0, 0.05) is 6.20 Å². The second-order valence-electron chi connectivity index (χ2n) is 2.02. The molecule has 0 atom stereocenters. The molecule has 0 saturated heterocycles. The van der Waals surface area contributed by atoms with E-state index in [1.54, 1.807) is 0 Å². The SMILES string of the molecule is O=CCC#Cc1cnc(Cl)nc1Cl. The Morgan fingerprint density at radius 1 is 1.54 bits per heavy atom. The van der Waals surface area contributed by atoms with Gasteiger partial charge in [-0.05, 0) is 11.6 Å². The zero-order valence-electron chi connectivity index (χ0n) is 6.42. The number of carbonyl (C=O) groups is 1. The molecule has 1 heterocycles. The highest BCUT2D eigenvalue weighted by Crippen LogP contribution is 2.12. The van der Waals surface area contributed by atoms with Crippen LogP contribution in [0, 0.1) is 11.8 Å². The van der Waals surface area contributed by atoms with E-state index in [9.17, 15) is 4.79 Å². The van der Waals surface area contributed by atoms with Crippen LogP contribution in [0.25, 0.3) is 0 Å². The predicted molar refractivity (Wildman–Crippen MR) is 49.6 cm³/mol. The van der Waals surface area contributed by atoms with E-state index in [0.717, 1.165) is 0 Å². The van der Waals surface area contributed by atoms with Gasteiger partial charge in [0.2, 0.25) is 5.28 Å². The molecule has 0 N–H and O–H groups in total. The Labute approximate surface area is 85.1 Å². The number of rotatable bonds is 1. The second-order valence-corrected chi connectivity index (χ2v) is 2.71. The number of aldehydes is 1. The summed E-state index contributed by atoms with van der Waals surface area (Å²) >= 11 is 11.1. The summed E-state index contributed by atoms with van der Waals surface area (Å²) in [6.45, 7) is 0. The molecule has 0 unspecified atom stereocenters. The van der Waals surface area contributed by atoms with Crippen molar-refractivity contribution in [2.45, 2.75) is 6.42 Å². The summed E-state index contributed by atoms with van der Waals surface area (Å²) in [5.74, 6) is 5.23. The number of carbonyl (C=O) groups excluding carboxylic acids is 1. The summed E-state index contributed by atoms with van der Waals surface area (Å²) < 4.78 is 0. The lowest BCUT2D eigenvalue weighted by atomic mass is 10.3. The minimum absolute atomic E-state index is 0.0749. The van der Waals surface area contributed by atoms with Gasteiger partial charge in [-0.1, -0.05) is 23.4 Å². The lowest BCUT2D eigenvalue weighted by Gasteiger charge is -1.93. The normalized spacial score (nSPS) is 8.77. The van der Waals surface area contributed by atoms with Crippen LogP contribution in [0.4, 0.5) is 0 Å². The van der Waals surface area contributed by atoms with Gasteiger partial charge in [0.15, 0.2) is 0 Å². The number of nitrogens with zero attached hydrogens (tertiary/aromatic N) is 2. The lowest BCUT2D eigenvalue weighted by molar-refractivity contribution is -0.107. The summed E-state index contributed by atoms with van der Waals surface area (Å²) in [6, 6.07) is 0. The Morgan fingerprint density at radius 2 is 2.31 bits per heavy atom. The summed E-state index contributed by atoms with van der Waals surface area (Å²) in [6.07, 6.45) is 2.28. The maximum atomic E-state index is 9.95.